The highest BCUT2D eigenvalue weighted by Gasteiger charge is 2.40. The number of aromatic nitrogens is 2. The van der Waals surface area contributed by atoms with E-state index in [1.807, 2.05) is 30.0 Å². The highest BCUT2D eigenvalue weighted by molar-refractivity contribution is 6.08. The predicted octanol–water partition coefficient (Wildman–Crippen LogP) is 5.35. The number of hydrogen-bond acceptors (Lipinski definition) is 6. The fourth-order valence-corrected chi connectivity index (χ4v) is 6.52. The molecule has 6 rings (SSSR count). The van der Waals surface area contributed by atoms with Gasteiger partial charge in [-0.1, -0.05) is 37.3 Å². The van der Waals surface area contributed by atoms with Gasteiger partial charge in [0.05, 0.1) is 18.8 Å². The lowest BCUT2D eigenvalue weighted by Gasteiger charge is -2.33. The fraction of sp³-hybridized carbons (Fsp3) is 0.545. The normalized spacial score (nSPS) is 19.4. The molecule has 2 aliphatic heterocycles. The maximum absolute atomic E-state index is 13.6. The molecule has 214 valence electrons. The molecule has 1 atom stereocenters. The number of aliphatic hydroxyl groups excluding tert-OH is 1. The molecule has 2 fully saturated rings. The van der Waals surface area contributed by atoms with Crippen molar-refractivity contribution in [2.24, 2.45) is 11.3 Å². The minimum atomic E-state index is 0.0355. The number of carbonyl (C=O) groups excluding carboxylic acids is 1. The van der Waals surface area contributed by atoms with Crippen LogP contribution in [-0.2, 0) is 13.1 Å². The van der Waals surface area contributed by atoms with Crippen LogP contribution in [0.3, 0.4) is 0 Å². The number of rotatable bonds is 6. The van der Waals surface area contributed by atoms with Gasteiger partial charge in [0, 0.05) is 37.4 Å². The van der Waals surface area contributed by atoms with Crippen LogP contribution in [0.5, 0.6) is 0 Å². The number of anilines is 1. The van der Waals surface area contributed by atoms with Gasteiger partial charge >= 0.3 is 0 Å². The molecule has 3 aromatic rings. The largest absolute Gasteiger partial charge is 0.396 e. The van der Waals surface area contributed by atoms with E-state index in [0.717, 1.165) is 76.1 Å². The van der Waals surface area contributed by atoms with Crippen molar-refractivity contribution < 1.29 is 9.90 Å². The van der Waals surface area contributed by atoms with Crippen LogP contribution >= 0.6 is 0 Å². The molecule has 40 heavy (non-hydrogen) atoms. The summed E-state index contributed by atoms with van der Waals surface area (Å²) in [5.41, 5.74) is 4.59. The lowest BCUT2D eigenvalue weighted by atomic mass is 9.98. The minimum Gasteiger partial charge on any atom is -0.396 e. The SMILES string of the molecule is CCC1(CN(C)C)CC1.Cc1nc2c(c(N3CCC[C@@H](CO)C3)n1)CN(C(=O)c1cccc3cccc(C)c13)C2. The number of hydrogen-bond donors (Lipinski definition) is 1. The molecule has 0 radical (unpaired) electrons. The Morgan fingerprint density at radius 1 is 1.10 bits per heavy atom. The first-order valence-corrected chi connectivity index (χ1v) is 14.9. The van der Waals surface area contributed by atoms with Crippen LogP contribution < -0.4 is 4.90 Å². The van der Waals surface area contributed by atoms with E-state index in [9.17, 15) is 9.90 Å². The molecule has 1 saturated carbocycles. The van der Waals surface area contributed by atoms with Crippen molar-refractivity contribution >= 4 is 22.5 Å². The Morgan fingerprint density at radius 2 is 1.85 bits per heavy atom. The summed E-state index contributed by atoms with van der Waals surface area (Å²) in [5, 5.41) is 11.8. The van der Waals surface area contributed by atoms with Gasteiger partial charge in [0.1, 0.15) is 11.6 Å². The van der Waals surface area contributed by atoms with Gasteiger partial charge in [-0.2, -0.15) is 0 Å². The quantitative estimate of drug-likeness (QED) is 0.452. The highest BCUT2D eigenvalue weighted by Crippen LogP contribution is 2.48. The summed E-state index contributed by atoms with van der Waals surface area (Å²) in [5.74, 6) is 1.98. The molecule has 1 aromatic heterocycles. The van der Waals surface area contributed by atoms with Crippen molar-refractivity contribution in [3.63, 3.8) is 0 Å². The third kappa shape index (κ3) is 6.01. The van der Waals surface area contributed by atoms with Crippen LogP contribution in [0, 0.1) is 25.2 Å². The van der Waals surface area contributed by atoms with Crippen molar-refractivity contribution in [2.45, 2.75) is 66.0 Å². The summed E-state index contributed by atoms with van der Waals surface area (Å²) in [6, 6.07) is 12.1. The Balaban J connectivity index is 0.000000306. The standard InChI is InChI=1S/C25H28N4O2.C8H17N/c1-16-6-3-8-19-9-4-10-20(23(16)19)25(31)29-13-21-22(14-29)26-17(2)27-24(21)28-11-5-7-18(12-28)15-30;1-4-8(5-6-8)7-9(2)3/h3-4,6,8-10,18,30H,5,7,11-15H2,1-2H3;4-7H2,1-3H3/t18-;/m1./s1. The van der Waals surface area contributed by atoms with E-state index >= 15 is 0 Å². The van der Waals surface area contributed by atoms with Crippen molar-refractivity contribution in [1.82, 2.24) is 19.8 Å². The Kier molecular flexibility index (Phi) is 8.43. The fourth-order valence-electron chi connectivity index (χ4n) is 6.52. The number of nitrogens with zero attached hydrogens (tertiary/aromatic N) is 5. The van der Waals surface area contributed by atoms with E-state index in [4.69, 9.17) is 4.98 Å². The zero-order chi connectivity index (χ0) is 28.4. The topological polar surface area (TPSA) is 72.8 Å². The molecule has 3 heterocycles. The Labute approximate surface area is 239 Å². The Morgan fingerprint density at radius 3 is 2.50 bits per heavy atom. The van der Waals surface area contributed by atoms with Gasteiger partial charge in [-0.3, -0.25) is 4.79 Å². The second-order valence-electron chi connectivity index (χ2n) is 12.4. The van der Waals surface area contributed by atoms with Crippen molar-refractivity contribution in [3.8, 4) is 0 Å². The van der Waals surface area contributed by atoms with Crippen LogP contribution in [0.2, 0.25) is 0 Å². The molecule has 2 aromatic carbocycles. The average molecular weight is 544 g/mol. The van der Waals surface area contributed by atoms with Crippen molar-refractivity contribution in [1.29, 1.82) is 0 Å². The molecule has 7 nitrogen and oxygen atoms in total. The maximum Gasteiger partial charge on any atom is 0.255 e. The number of piperidine rings is 1. The predicted molar refractivity (Wildman–Crippen MR) is 162 cm³/mol. The second kappa shape index (κ2) is 11.8. The van der Waals surface area contributed by atoms with E-state index in [0.29, 0.717) is 13.1 Å². The van der Waals surface area contributed by atoms with Gasteiger partial charge in [-0.05, 0) is 93.8 Å². The van der Waals surface area contributed by atoms with Gasteiger partial charge in [0.25, 0.3) is 5.91 Å². The molecule has 1 aliphatic carbocycles. The Bertz CT molecular complexity index is 1360. The summed E-state index contributed by atoms with van der Waals surface area (Å²) < 4.78 is 0. The summed E-state index contributed by atoms with van der Waals surface area (Å²) in [7, 11) is 4.32. The van der Waals surface area contributed by atoms with Crippen molar-refractivity contribution in [3.05, 3.63) is 64.6 Å². The van der Waals surface area contributed by atoms with Crippen LogP contribution in [0.4, 0.5) is 5.82 Å². The first kappa shape index (κ1) is 28.5. The molecule has 1 N–H and O–H groups in total. The molecule has 0 bridgehead atoms. The number of aliphatic hydroxyl groups is 1. The average Bonchev–Trinajstić information content (AvgIpc) is 3.59. The van der Waals surface area contributed by atoms with Gasteiger partial charge < -0.3 is 19.8 Å². The summed E-state index contributed by atoms with van der Waals surface area (Å²) in [6.45, 7) is 10.5. The zero-order valence-corrected chi connectivity index (χ0v) is 24.9. The number of carbonyl (C=O) groups is 1. The van der Waals surface area contributed by atoms with Gasteiger partial charge in [-0.15, -0.1) is 0 Å². The number of amides is 1. The molecular weight excluding hydrogens is 498 g/mol. The van der Waals surface area contributed by atoms with Crippen LogP contribution in [0.15, 0.2) is 36.4 Å². The molecule has 3 aliphatic rings. The lowest BCUT2D eigenvalue weighted by molar-refractivity contribution is 0.0752. The van der Waals surface area contributed by atoms with Gasteiger partial charge in [-0.25, -0.2) is 9.97 Å². The van der Waals surface area contributed by atoms with Gasteiger partial charge in [0.15, 0.2) is 0 Å². The lowest BCUT2D eigenvalue weighted by Crippen LogP contribution is -2.38. The van der Waals surface area contributed by atoms with E-state index in [-0.39, 0.29) is 18.4 Å². The second-order valence-corrected chi connectivity index (χ2v) is 12.4. The van der Waals surface area contributed by atoms with Crippen LogP contribution in [0.25, 0.3) is 10.8 Å². The van der Waals surface area contributed by atoms with Gasteiger partial charge in [0.2, 0.25) is 0 Å². The van der Waals surface area contributed by atoms with E-state index in [1.54, 1.807) is 0 Å². The summed E-state index contributed by atoms with van der Waals surface area (Å²) in [4.78, 5) is 29.5. The zero-order valence-electron chi connectivity index (χ0n) is 24.9. The number of fused-ring (bicyclic) bond motifs is 2. The van der Waals surface area contributed by atoms with E-state index in [2.05, 4.69) is 60.9 Å². The minimum absolute atomic E-state index is 0.0355. The third-order valence-electron chi connectivity index (χ3n) is 8.94. The number of benzene rings is 2. The third-order valence-corrected chi connectivity index (χ3v) is 8.94. The maximum atomic E-state index is 13.6. The highest BCUT2D eigenvalue weighted by atomic mass is 16.3. The molecule has 1 saturated heterocycles. The molecule has 1 amide bonds. The molecular formula is C33H45N5O2. The molecule has 0 unspecified atom stereocenters. The smallest absolute Gasteiger partial charge is 0.255 e. The summed E-state index contributed by atoms with van der Waals surface area (Å²) >= 11 is 0. The molecule has 0 spiro atoms. The first-order chi connectivity index (χ1) is 19.2. The van der Waals surface area contributed by atoms with Crippen LogP contribution in [0.1, 0.15) is 72.0 Å². The monoisotopic (exact) mass is 543 g/mol. The van der Waals surface area contributed by atoms with E-state index in [1.165, 1.54) is 25.8 Å². The summed E-state index contributed by atoms with van der Waals surface area (Å²) in [6.07, 6.45) is 6.37. The first-order valence-electron chi connectivity index (χ1n) is 14.9. The van der Waals surface area contributed by atoms with Crippen LogP contribution in [-0.4, -0.2) is 71.1 Å². The van der Waals surface area contributed by atoms with Crippen molar-refractivity contribution in [2.75, 3.05) is 45.2 Å². The molecule has 7 heteroatoms. The van der Waals surface area contributed by atoms with E-state index < -0.39 is 0 Å². The number of aryl methyl sites for hydroxylation is 2. The Hall–Kier alpha value is -3.03.